The Morgan fingerprint density at radius 1 is 1.35 bits per heavy atom. The summed E-state index contributed by atoms with van der Waals surface area (Å²) in [7, 11) is 0. The molecule has 5 heteroatoms. The predicted octanol–water partition coefficient (Wildman–Crippen LogP) is 3.01. The van der Waals surface area contributed by atoms with Crippen LogP contribution in [-0.4, -0.2) is 51.5 Å². The fraction of sp³-hybridized carbons (Fsp3) is 0.667. The van der Waals surface area contributed by atoms with Gasteiger partial charge >= 0.3 is 0 Å². The molecule has 2 atom stereocenters. The number of aryl methyl sites for hydroxylation is 1. The fourth-order valence-corrected chi connectivity index (χ4v) is 2.98. The number of hydrogen-bond donors (Lipinski definition) is 2. The van der Waals surface area contributed by atoms with E-state index in [9.17, 15) is 0 Å². The van der Waals surface area contributed by atoms with Gasteiger partial charge in [-0.3, -0.25) is 4.99 Å². The lowest BCUT2D eigenvalue weighted by atomic mass is 10.1. The van der Waals surface area contributed by atoms with Crippen LogP contribution in [0.3, 0.4) is 0 Å². The third-order valence-corrected chi connectivity index (χ3v) is 4.53. The van der Waals surface area contributed by atoms with Gasteiger partial charge in [0.25, 0.3) is 0 Å². The third-order valence-electron chi connectivity index (χ3n) is 4.53. The van der Waals surface area contributed by atoms with Gasteiger partial charge in [-0.05, 0) is 45.1 Å². The van der Waals surface area contributed by atoms with Gasteiger partial charge in [0.15, 0.2) is 5.96 Å². The number of benzene rings is 1. The van der Waals surface area contributed by atoms with Gasteiger partial charge in [0.1, 0.15) is 0 Å². The Labute approximate surface area is 158 Å². The summed E-state index contributed by atoms with van der Waals surface area (Å²) < 4.78 is 11.1. The van der Waals surface area contributed by atoms with Crippen molar-refractivity contribution in [2.45, 2.75) is 45.6 Å². The number of aliphatic imine (C=N–C) groups is 1. The van der Waals surface area contributed by atoms with Crippen molar-refractivity contribution in [3.8, 4) is 0 Å². The van der Waals surface area contributed by atoms with Gasteiger partial charge in [0, 0.05) is 38.3 Å². The lowest BCUT2D eigenvalue weighted by molar-refractivity contribution is 0.0893. The molecular formula is C21H35N3O2. The fourth-order valence-electron chi connectivity index (χ4n) is 2.98. The van der Waals surface area contributed by atoms with E-state index in [1.165, 1.54) is 5.56 Å². The highest BCUT2D eigenvalue weighted by atomic mass is 16.5. The SMILES string of the molecule is CCNC(=NCCCOCC1CCOC1)NC(C)CCc1ccccc1. The molecule has 0 amide bonds. The number of nitrogens with one attached hydrogen (secondary N) is 2. The Balaban J connectivity index is 1.61. The molecule has 1 aliphatic heterocycles. The maximum absolute atomic E-state index is 5.74. The first kappa shape index (κ1) is 20.7. The Morgan fingerprint density at radius 3 is 2.92 bits per heavy atom. The second-order valence-corrected chi connectivity index (χ2v) is 6.99. The maximum Gasteiger partial charge on any atom is 0.191 e. The quantitative estimate of drug-likeness (QED) is 0.361. The molecule has 5 nitrogen and oxygen atoms in total. The first-order valence-corrected chi connectivity index (χ1v) is 10.0. The average Bonchev–Trinajstić information content (AvgIpc) is 3.17. The maximum atomic E-state index is 5.74. The zero-order valence-electron chi connectivity index (χ0n) is 16.4. The predicted molar refractivity (Wildman–Crippen MR) is 108 cm³/mol. The van der Waals surface area contributed by atoms with E-state index in [0.29, 0.717) is 12.0 Å². The van der Waals surface area contributed by atoms with Crippen molar-refractivity contribution < 1.29 is 9.47 Å². The van der Waals surface area contributed by atoms with Gasteiger partial charge in [-0.15, -0.1) is 0 Å². The van der Waals surface area contributed by atoms with Gasteiger partial charge in [-0.1, -0.05) is 30.3 Å². The zero-order valence-corrected chi connectivity index (χ0v) is 16.4. The lowest BCUT2D eigenvalue weighted by Gasteiger charge is -2.18. The van der Waals surface area contributed by atoms with Gasteiger partial charge in [-0.2, -0.15) is 0 Å². The molecule has 2 unspecified atom stereocenters. The first-order chi connectivity index (χ1) is 12.8. The molecule has 0 bridgehead atoms. The second-order valence-electron chi connectivity index (χ2n) is 6.99. The molecule has 0 saturated carbocycles. The molecule has 146 valence electrons. The minimum Gasteiger partial charge on any atom is -0.381 e. The van der Waals surface area contributed by atoms with Crippen LogP contribution in [0.15, 0.2) is 35.3 Å². The number of hydrogen-bond acceptors (Lipinski definition) is 3. The first-order valence-electron chi connectivity index (χ1n) is 10.0. The van der Waals surface area contributed by atoms with Crippen molar-refractivity contribution >= 4 is 5.96 Å². The molecule has 2 rings (SSSR count). The van der Waals surface area contributed by atoms with Crippen LogP contribution in [0.5, 0.6) is 0 Å². The van der Waals surface area contributed by atoms with Crippen LogP contribution in [0.2, 0.25) is 0 Å². The summed E-state index contributed by atoms with van der Waals surface area (Å²) in [6, 6.07) is 11.0. The molecule has 2 N–H and O–H groups in total. The van der Waals surface area contributed by atoms with Crippen molar-refractivity contribution in [3.05, 3.63) is 35.9 Å². The average molecular weight is 362 g/mol. The van der Waals surface area contributed by atoms with Crippen molar-refractivity contribution in [1.82, 2.24) is 10.6 Å². The van der Waals surface area contributed by atoms with Crippen LogP contribution >= 0.6 is 0 Å². The molecule has 0 spiro atoms. The van der Waals surface area contributed by atoms with E-state index in [1.807, 2.05) is 0 Å². The van der Waals surface area contributed by atoms with Crippen molar-refractivity contribution in [2.24, 2.45) is 10.9 Å². The Morgan fingerprint density at radius 2 is 2.19 bits per heavy atom. The topological polar surface area (TPSA) is 54.9 Å². The molecule has 0 aliphatic carbocycles. The van der Waals surface area contributed by atoms with Crippen LogP contribution in [0, 0.1) is 5.92 Å². The number of ether oxygens (including phenoxy) is 2. The summed E-state index contributed by atoms with van der Waals surface area (Å²) in [5.41, 5.74) is 1.38. The van der Waals surface area contributed by atoms with Crippen LogP contribution in [0.25, 0.3) is 0 Å². The number of guanidine groups is 1. The summed E-state index contributed by atoms with van der Waals surface area (Å²) in [6.45, 7) is 9.28. The summed E-state index contributed by atoms with van der Waals surface area (Å²) in [5.74, 6) is 1.49. The molecule has 1 aromatic rings. The minimum atomic E-state index is 0.381. The van der Waals surface area contributed by atoms with Gasteiger partial charge in [-0.25, -0.2) is 0 Å². The Hall–Kier alpha value is -1.59. The van der Waals surface area contributed by atoms with Gasteiger partial charge in [0.05, 0.1) is 13.2 Å². The highest BCUT2D eigenvalue weighted by Crippen LogP contribution is 2.12. The molecule has 1 heterocycles. The number of nitrogens with zero attached hydrogens (tertiary/aromatic N) is 1. The summed E-state index contributed by atoms with van der Waals surface area (Å²) in [6.07, 6.45) is 4.24. The Bertz CT molecular complexity index is 501. The van der Waals surface area contributed by atoms with Crippen LogP contribution < -0.4 is 10.6 Å². The van der Waals surface area contributed by atoms with Crippen molar-refractivity contribution in [3.63, 3.8) is 0 Å². The summed E-state index contributed by atoms with van der Waals surface area (Å²) in [5, 5.41) is 6.83. The zero-order chi connectivity index (χ0) is 18.5. The smallest absolute Gasteiger partial charge is 0.191 e. The van der Waals surface area contributed by atoms with Gasteiger partial charge < -0.3 is 20.1 Å². The van der Waals surface area contributed by atoms with Gasteiger partial charge in [0.2, 0.25) is 0 Å². The van der Waals surface area contributed by atoms with Crippen LogP contribution in [0.4, 0.5) is 0 Å². The largest absolute Gasteiger partial charge is 0.381 e. The molecule has 1 saturated heterocycles. The van der Waals surface area contributed by atoms with Crippen LogP contribution in [-0.2, 0) is 15.9 Å². The summed E-state index contributed by atoms with van der Waals surface area (Å²) in [4.78, 5) is 4.67. The van der Waals surface area contributed by atoms with E-state index in [0.717, 1.165) is 71.2 Å². The van der Waals surface area contributed by atoms with E-state index < -0.39 is 0 Å². The second kappa shape index (κ2) is 12.7. The van der Waals surface area contributed by atoms with E-state index in [1.54, 1.807) is 0 Å². The lowest BCUT2D eigenvalue weighted by Crippen LogP contribution is -2.42. The minimum absolute atomic E-state index is 0.381. The van der Waals surface area contributed by atoms with E-state index in [-0.39, 0.29) is 0 Å². The molecule has 0 aromatic heterocycles. The molecule has 26 heavy (non-hydrogen) atoms. The highest BCUT2D eigenvalue weighted by Gasteiger charge is 2.15. The number of rotatable bonds is 11. The molecule has 0 radical (unpaired) electrons. The Kier molecular flexibility index (Phi) is 10.1. The van der Waals surface area contributed by atoms with Crippen molar-refractivity contribution in [2.75, 3.05) is 39.5 Å². The normalized spacial score (nSPS) is 18.7. The van der Waals surface area contributed by atoms with E-state index >= 15 is 0 Å². The van der Waals surface area contributed by atoms with E-state index in [2.05, 4.69) is 59.8 Å². The monoisotopic (exact) mass is 361 g/mol. The molecule has 1 aliphatic rings. The molecule has 1 fully saturated rings. The summed E-state index contributed by atoms with van der Waals surface area (Å²) >= 11 is 0. The molecule has 1 aromatic carbocycles. The standard InChI is InChI=1S/C21H35N3O2/c1-3-22-21(23-13-7-14-25-16-20-12-15-26-17-20)24-18(2)10-11-19-8-5-4-6-9-19/h4-6,8-9,18,20H,3,7,10-17H2,1-2H3,(H2,22,23,24). The molecular weight excluding hydrogens is 326 g/mol. The highest BCUT2D eigenvalue weighted by molar-refractivity contribution is 5.80. The third kappa shape index (κ3) is 8.68. The van der Waals surface area contributed by atoms with Crippen molar-refractivity contribution in [1.29, 1.82) is 0 Å². The van der Waals surface area contributed by atoms with Crippen LogP contribution in [0.1, 0.15) is 38.7 Å². The van der Waals surface area contributed by atoms with E-state index in [4.69, 9.17) is 9.47 Å².